The number of aromatic nitrogens is 2. The predicted octanol–water partition coefficient (Wildman–Crippen LogP) is 1.83. The van der Waals surface area contributed by atoms with Gasteiger partial charge in [-0.2, -0.15) is 0 Å². The molecule has 0 bridgehead atoms. The maximum absolute atomic E-state index is 12.5. The van der Waals surface area contributed by atoms with Gasteiger partial charge in [-0.3, -0.25) is 9.59 Å². The van der Waals surface area contributed by atoms with Crippen molar-refractivity contribution in [2.45, 2.75) is 38.7 Å². The van der Waals surface area contributed by atoms with Crippen molar-refractivity contribution in [2.24, 2.45) is 0 Å². The Labute approximate surface area is 169 Å². The van der Waals surface area contributed by atoms with E-state index < -0.39 is 0 Å². The number of rotatable bonds is 5. The fourth-order valence-electron chi connectivity index (χ4n) is 3.69. The Balaban J connectivity index is 1.24. The molecule has 1 unspecified atom stereocenters. The van der Waals surface area contributed by atoms with Crippen LogP contribution >= 0.6 is 0 Å². The van der Waals surface area contributed by atoms with Crippen molar-refractivity contribution in [1.82, 2.24) is 20.0 Å². The molecule has 2 aliphatic heterocycles. The molecule has 1 atom stereocenters. The number of benzene rings is 1. The van der Waals surface area contributed by atoms with Crippen LogP contribution in [-0.4, -0.2) is 70.7 Å². The highest BCUT2D eigenvalue weighted by atomic mass is 16.5. The van der Waals surface area contributed by atoms with Crippen LogP contribution in [0.1, 0.15) is 30.7 Å². The van der Waals surface area contributed by atoms with Crippen molar-refractivity contribution in [3.05, 3.63) is 35.7 Å². The van der Waals surface area contributed by atoms with Crippen LogP contribution in [0.3, 0.4) is 0 Å². The minimum Gasteiger partial charge on any atom is -0.421 e. The second-order valence-electron chi connectivity index (χ2n) is 7.57. The van der Waals surface area contributed by atoms with Crippen LogP contribution in [0, 0.1) is 6.92 Å². The minimum atomic E-state index is -0.294. The van der Waals surface area contributed by atoms with Crippen LogP contribution in [-0.2, 0) is 20.7 Å². The van der Waals surface area contributed by atoms with E-state index >= 15 is 0 Å². The summed E-state index contributed by atoms with van der Waals surface area (Å²) in [6.45, 7) is 4.90. The first-order valence-electron chi connectivity index (χ1n) is 10.2. The number of hydrogen-bond donors (Lipinski definition) is 0. The summed E-state index contributed by atoms with van der Waals surface area (Å²) < 4.78 is 11.2. The molecule has 8 nitrogen and oxygen atoms in total. The predicted molar refractivity (Wildman–Crippen MR) is 105 cm³/mol. The summed E-state index contributed by atoms with van der Waals surface area (Å²) in [7, 11) is 0. The molecule has 0 radical (unpaired) electrons. The van der Waals surface area contributed by atoms with Crippen LogP contribution < -0.4 is 0 Å². The van der Waals surface area contributed by atoms with Crippen molar-refractivity contribution in [3.63, 3.8) is 0 Å². The number of ether oxygens (including phenoxy) is 1. The summed E-state index contributed by atoms with van der Waals surface area (Å²) in [6, 6.07) is 7.86. The molecule has 2 saturated heterocycles. The molecule has 4 rings (SSSR count). The zero-order valence-corrected chi connectivity index (χ0v) is 16.7. The summed E-state index contributed by atoms with van der Waals surface area (Å²) in [4.78, 5) is 28.5. The Kier molecular flexibility index (Phi) is 5.89. The van der Waals surface area contributed by atoms with Crippen molar-refractivity contribution in [3.8, 4) is 11.5 Å². The first kappa shape index (κ1) is 19.6. The molecule has 1 aromatic heterocycles. The van der Waals surface area contributed by atoms with Gasteiger partial charge in [0, 0.05) is 51.2 Å². The first-order valence-corrected chi connectivity index (χ1v) is 10.2. The molecule has 2 aliphatic rings. The third-order valence-electron chi connectivity index (χ3n) is 5.47. The molecule has 2 fully saturated rings. The molecule has 0 aliphatic carbocycles. The van der Waals surface area contributed by atoms with E-state index in [0.29, 0.717) is 57.4 Å². The smallest absolute Gasteiger partial charge is 0.251 e. The zero-order chi connectivity index (χ0) is 20.2. The third kappa shape index (κ3) is 4.64. The van der Waals surface area contributed by atoms with Gasteiger partial charge in [-0.1, -0.05) is 17.7 Å². The van der Waals surface area contributed by atoms with E-state index in [0.717, 1.165) is 24.0 Å². The zero-order valence-electron chi connectivity index (χ0n) is 16.7. The maximum Gasteiger partial charge on any atom is 0.251 e. The van der Waals surface area contributed by atoms with Gasteiger partial charge in [-0.15, -0.1) is 10.2 Å². The van der Waals surface area contributed by atoms with Crippen LogP contribution in [0.15, 0.2) is 28.7 Å². The Morgan fingerprint density at radius 2 is 1.79 bits per heavy atom. The first-order chi connectivity index (χ1) is 14.1. The third-order valence-corrected chi connectivity index (χ3v) is 5.47. The lowest BCUT2D eigenvalue weighted by Gasteiger charge is -2.35. The molecule has 0 N–H and O–H groups in total. The number of amides is 2. The van der Waals surface area contributed by atoms with Gasteiger partial charge in [-0.05, 0) is 31.9 Å². The topological polar surface area (TPSA) is 88.8 Å². The van der Waals surface area contributed by atoms with Gasteiger partial charge in [-0.25, -0.2) is 0 Å². The summed E-state index contributed by atoms with van der Waals surface area (Å²) in [5.74, 6) is 1.03. The van der Waals surface area contributed by atoms with Gasteiger partial charge >= 0.3 is 0 Å². The summed E-state index contributed by atoms with van der Waals surface area (Å²) in [5.41, 5.74) is 2.03. The molecular formula is C21H26N4O4. The van der Waals surface area contributed by atoms with Gasteiger partial charge in [0.2, 0.25) is 17.7 Å². The number of aryl methyl sites for hydroxylation is 2. The molecule has 3 heterocycles. The standard InChI is InChI=1S/C21H26N4O4/c1-15-4-6-16(7-5-15)20-23-22-18(29-20)8-9-19(26)24-10-12-25(13-11-24)21(27)17-3-2-14-28-17/h4-7,17H,2-3,8-14H2,1H3. The minimum absolute atomic E-state index is 0.0456. The SMILES string of the molecule is Cc1ccc(-c2nnc(CCC(=O)N3CCN(C(=O)C4CCCO4)CC3)o2)cc1. The number of carbonyl (C=O) groups excluding carboxylic acids is 2. The summed E-state index contributed by atoms with van der Waals surface area (Å²) in [5, 5.41) is 8.13. The molecule has 0 spiro atoms. The van der Waals surface area contributed by atoms with E-state index in [1.165, 1.54) is 0 Å². The van der Waals surface area contributed by atoms with E-state index in [2.05, 4.69) is 10.2 Å². The van der Waals surface area contributed by atoms with Crippen LogP contribution in [0.2, 0.25) is 0 Å². The van der Waals surface area contributed by atoms with Gasteiger partial charge in [0.05, 0.1) is 0 Å². The lowest BCUT2D eigenvalue weighted by Crippen LogP contribution is -2.52. The highest BCUT2D eigenvalue weighted by Gasteiger charge is 2.31. The van der Waals surface area contributed by atoms with Crippen LogP contribution in [0.25, 0.3) is 11.5 Å². The van der Waals surface area contributed by atoms with Crippen LogP contribution in [0.4, 0.5) is 0 Å². The van der Waals surface area contributed by atoms with Crippen molar-refractivity contribution >= 4 is 11.8 Å². The molecule has 154 valence electrons. The summed E-state index contributed by atoms with van der Waals surface area (Å²) >= 11 is 0. The Morgan fingerprint density at radius 3 is 2.48 bits per heavy atom. The number of piperazine rings is 1. The molecule has 0 saturated carbocycles. The molecule has 2 amide bonds. The number of hydrogen-bond acceptors (Lipinski definition) is 6. The average molecular weight is 398 g/mol. The quantitative estimate of drug-likeness (QED) is 0.763. The van der Waals surface area contributed by atoms with E-state index in [9.17, 15) is 9.59 Å². The van der Waals surface area contributed by atoms with Crippen molar-refractivity contribution in [1.29, 1.82) is 0 Å². The van der Waals surface area contributed by atoms with Crippen molar-refractivity contribution < 1.29 is 18.7 Å². The van der Waals surface area contributed by atoms with Gasteiger partial charge in [0.1, 0.15) is 6.10 Å². The lowest BCUT2D eigenvalue weighted by atomic mass is 10.1. The van der Waals surface area contributed by atoms with E-state index in [1.54, 1.807) is 4.90 Å². The average Bonchev–Trinajstić information content (AvgIpc) is 3.44. The Bertz CT molecular complexity index is 850. The monoisotopic (exact) mass is 398 g/mol. The van der Waals surface area contributed by atoms with Crippen molar-refractivity contribution in [2.75, 3.05) is 32.8 Å². The normalized spacial score (nSPS) is 19.6. The highest BCUT2D eigenvalue weighted by molar-refractivity contribution is 5.82. The fourth-order valence-corrected chi connectivity index (χ4v) is 3.69. The fraction of sp³-hybridized carbons (Fsp3) is 0.524. The maximum atomic E-state index is 12.5. The van der Waals surface area contributed by atoms with E-state index in [4.69, 9.17) is 9.15 Å². The van der Waals surface area contributed by atoms with Gasteiger partial charge in [0.25, 0.3) is 5.91 Å². The largest absolute Gasteiger partial charge is 0.421 e. The number of nitrogens with zero attached hydrogens (tertiary/aromatic N) is 4. The summed E-state index contributed by atoms with van der Waals surface area (Å²) in [6.07, 6.45) is 2.17. The number of carbonyl (C=O) groups is 2. The molecular weight excluding hydrogens is 372 g/mol. The van der Waals surface area contributed by atoms with Gasteiger partial charge in [0.15, 0.2) is 0 Å². The van der Waals surface area contributed by atoms with E-state index in [-0.39, 0.29) is 17.9 Å². The molecule has 29 heavy (non-hydrogen) atoms. The van der Waals surface area contributed by atoms with Gasteiger partial charge < -0.3 is 19.0 Å². The Hall–Kier alpha value is -2.74. The second kappa shape index (κ2) is 8.73. The second-order valence-corrected chi connectivity index (χ2v) is 7.57. The highest BCUT2D eigenvalue weighted by Crippen LogP contribution is 2.19. The molecule has 1 aromatic carbocycles. The van der Waals surface area contributed by atoms with E-state index in [1.807, 2.05) is 36.1 Å². The molecule has 2 aromatic rings. The lowest BCUT2D eigenvalue weighted by molar-refractivity contribution is -0.146. The Morgan fingerprint density at radius 1 is 1.07 bits per heavy atom. The molecule has 8 heteroatoms. The van der Waals surface area contributed by atoms with Crippen LogP contribution in [0.5, 0.6) is 0 Å².